The molecule has 0 aliphatic carbocycles. The highest BCUT2D eigenvalue weighted by molar-refractivity contribution is 7.98. The highest BCUT2D eigenvalue weighted by atomic mass is 32.2. The van der Waals surface area contributed by atoms with Gasteiger partial charge >= 0.3 is 0 Å². The maximum Gasteiger partial charge on any atom is 0.298 e. The van der Waals surface area contributed by atoms with Crippen LogP contribution in [0.2, 0.25) is 0 Å². The van der Waals surface area contributed by atoms with E-state index in [0.29, 0.717) is 92.1 Å². The molecule has 0 bridgehead atoms. The van der Waals surface area contributed by atoms with E-state index in [1.54, 1.807) is 26.4 Å². The quantitative estimate of drug-likeness (QED) is 0.0263. The minimum Gasteiger partial charge on any atom is -0.495 e. The lowest BCUT2D eigenvalue weighted by Gasteiger charge is -2.25. The summed E-state index contributed by atoms with van der Waals surface area (Å²) in [5.41, 5.74) is 4.53. The van der Waals surface area contributed by atoms with Gasteiger partial charge in [0.25, 0.3) is 20.2 Å². The Morgan fingerprint density at radius 3 is 1.37 bits per heavy atom. The van der Waals surface area contributed by atoms with Crippen LogP contribution in [-0.2, 0) is 26.0 Å². The van der Waals surface area contributed by atoms with Crippen molar-refractivity contribution >= 4 is 133 Å². The lowest BCUT2D eigenvalue weighted by molar-refractivity contribution is 0.398. The van der Waals surface area contributed by atoms with Gasteiger partial charge in [0.1, 0.15) is 44.2 Å². The second kappa shape index (κ2) is 23.7. The van der Waals surface area contributed by atoms with Gasteiger partial charge in [-0.1, -0.05) is 42.1 Å². The van der Waals surface area contributed by atoms with E-state index in [2.05, 4.69) is 49.6 Å². The molecule has 3 aromatic heterocycles. The summed E-state index contributed by atoms with van der Waals surface area (Å²) >= 11 is 3.33. The molecule has 23 nitrogen and oxygen atoms in total. The summed E-state index contributed by atoms with van der Waals surface area (Å²) < 4.78 is 99.5. The minimum absolute atomic E-state index is 0.0952. The highest BCUT2D eigenvalue weighted by Gasteiger charge is 2.24. The molecule has 4 N–H and O–H groups in total. The zero-order chi connectivity index (χ0) is 54.3. The van der Waals surface area contributed by atoms with Crippen molar-refractivity contribution in [1.29, 1.82) is 0 Å². The number of aromatic nitrogens is 5. The maximum absolute atomic E-state index is 12.2. The number of ether oxygens (including phenoxy) is 4. The average Bonchev–Trinajstić information content (AvgIpc) is 4.01. The van der Waals surface area contributed by atoms with Gasteiger partial charge in [0.2, 0.25) is 11.9 Å². The molecule has 3 heterocycles. The van der Waals surface area contributed by atoms with Crippen molar-refractivity contribution in [1.82, 2.24) is 23.7 Å². The first kappa shape index (κ1) is 54.9. The van der Waals surface area contributed by atoms with E-state index in [9.17, 15) is 25.9 Å². The zero-order valence-electron chi connectivity index (χ0n) is 42.2. The van der Waals surface area contributed by atoms with Gasteiger partial charge in [-0.15, -0.1) is 20.5 Å². The fraction of sp³-hybridized carbons (Fsp3) is 0.271. The first-order valence-electron chi connectivity index (χ1n) is 23.2. The molecule has 0 fully saturated rings. The van der Waals surface area contributed by atoms with Crippen molar-refractivity contribution in [2.24, 2.45) is 20.5 Å². The molecule has 0 aliphatic rings. The fourth-order valence-corrected chi connectivity index (χ4v) is 11.3. The molecule has 0 unspecified atom stereocenters. The van der Waals surface area contributed by atoms with Crippen molar-refractivity contribution in [3.8, 4) is 23.0 Å². The van der Waals surface area contributed by atoms with E-state index in [1.807, 2.05) is 70.2 Å². The summed E-state index contributed by atoms with van der Waals surface area (Å²) in [4.78, 5) is 18.0. The number of azo groups is 2. The third kappa shape index (κ3) is 12.2. The normalized spacial score (nSPS) is 12.0. The minimum atomic E-state index is -4.63. The summed E-state index contributed by atoms with van der Waals surface area (Å²) in [6, 6.07) is 22.3. The van der Waals surface area contributed by atoms with E-state index in [-0.39, 0.29) is 34.4 Å². The fourth-order valence-electron chi connectivity index (χ4n) is 7.87. The predicted molar refractivity (Wildman–Crippen MR) is 296 cm³/mol. The Hall–Kier alpha value is -7.34. The molecular formula is C48H51N13O10S5. The molecule has 8 rings (SSSR count). The molecule has 8 aromatic rings. The van der Waals surface area contributed by atoms with E-state index in [1.165, 1.54) is 50.2 Å². The molecule has 0 atom stereocenters. The average molecular weight is 1130 g/mol. The number of rotatable bonds is 23. The second-order valence-corrected chi connectivity index (χ2v) is 21.3. The first-order chi connectivity index (χ1) is 36.5. The number of methoxy groups -OCH3 is 4. The second-order valence-electron chi connectivity index (χ2n) is 16.1. The van der Waals surface area contributed by atoms with Crippen molar-refractivity contribution in [3.05, 3.63) is 84.4 Å². The third-order valence-corrected chi connectivity index (χ3v) is 15.9. The van der Waals surface area contributed by atoms with Crippen LogP contribution in [-0.4, -0.2) is 104 Å². The maximum atomic E-state index is 12.2. The number of fused-ring (bicyclic) bond motifs is 2. The Kier molecular flexibility index (Phi) is 17.1. The van der Waals surface area contributed by atoms with E-state index in [4.69, 9.17) is 33.9 Å². The van der Waals surface area contributed by atoms with Crippen LogP contribution >= 0.6 is 34.8 Å². The van der Waals surface area contributed by atoms with Crippen molar-refractivity contribution in [2.75, 3.05) is 75.1 Å². The monoisotopic (exact) mass is 1130 g/mol. The predicted octanol–water partition coefficient (Wildman–Crippen LogP) is 11.9. The summed E-state index contributed by atoms with van der Waals surface area (Å²) in [7, 11) is -3.56. The van der Waals surface area contributed by atoms with Crippen LogP contribution in [0.15, 0.2) is 114 Å². The number of hydrogen-bond acceptors (Lipinski definition) is 24. The lowest BCUT2D eigenvalue weighted by atomic mass is 10.2. The molecule has 28 heteroatoms. The van der Waals surface area contributed by atoms with Gasteiger partial charge in [-0.25, -0.2) is 0 Å². The van der Waals surface area contributed by atoms with Crippen LogP contribution in [0.4, 0.5) is 56.0 Å². The van der Waals surface area contributed by atoms with Gasteiger partial charge in [-0.3, -0.25) is 9.11 Å². The Morgan fingerprint density at radius 2 is 0.987 bits per heavy atom. The summed E-state index contributed by atoms with van der Waals surface area (Å²) in [5, 5.41) is 27.1. The SMILES string of the molecule is CCN(CC)c1cc(Nc2nc(Nc3cc(N(CC)CC)c(OC)cc3N=Nc3snc4cc(S(=O)(=O)O)c(OC)cc34)nc(SCc3ccccc3)n2)c(N=Nc2snc3cc(S(=O)(=O)O)c(OC)cc23)cc1OC. The number of thioether (sulfide) groups is 1. The molecule has 0 spiro atoms. The van der Waals surface area contributed by atoms with Gasteiger partial charge < -0.3 is 39.4 Å². The Bertz CT molecular complexity index is 3490. The van der Waals surface area contributed by atoms with Crippen molar-refractivity contribution in [3.63, 3.8) is 0 Å². The van der Waals surface area contributed by atoms with Crippen molar-refractivity contribution in [2.45, 2.75) is 48.4 Å². The standard InChI is InChI=1S/C48H51N13O10S5/c1-9-60(10-2)36-20-32(34(22-38(36)68-5)54-56-44-28-18-40(70-7)42(75(62,63)64)24-30(28)58-73-44)49-46-51-47(53-48(52-46)72-26-27-16-14-13-15-17-27)50-33-21-37(61(11-3)12-4)39(69-6)23-35(33)55-57-45-29-19-41(71-8)43(76(65,66)67)25-31(29)59-74-45/h13-25H,9-12,26H2,1-8H3,(H,62,63,64)(H,65,66,67)(H2,49,50,51,52,53). The van der Waals surface area contributed by atoms with Crippen LogP contribution in [0.1, 0.15) is 33.3 Å². The van der Waals surface area contributed by atoms with E-state index < -0.39 is 30.0 Å². The smallest absolute Gasteiger partial charge is 0.298 e. The number of hydrogen-bond donors (Lipinski definition) is 4. The van der Waals surface area contributed by atoms with Crippen LogP contribution in [0.3, 0.4) is 0 Å². The molecule has 5 aromatic carbocycles. The van der Waals surface area contributed by atoms with Crippen LogP contribution in [0.5, 0.6) is 23.0 Å². The Balaban J connectivity index is 1.25. The van der Waals surface area contributed by atoms with Gasteiger partial charge in [0.05, 0.1) is 62.2 Å². The first-order valence-corrected chi connectivity index (χ1v) is 28.6. The van der Waals surface area contributed by atoms with Gasteiger partial charge in [-0.05, 0) is 92.7 Å². The van der Waals surface area contributed by atoms with Crippen LogP contribution in [0.25, 0.3) is 21.8 Å². The Labute approximate surface area is 450 Å². The Morgan fingerprint density at radius 1 is 0.566 bits per heavy atom. The molecular weight excluding hydrogens is 1080 g/mol. The molecule has 0 amide bonds. The zero-order valence-corrected chi connectivity index (χ0v) is 46.2. The molecule has 398 valence electrons. The van der Waals surface area contributed by atoms with Crippen molar-refractivity contribution < 1.29 is 44.9 Å². The van der Waals surface area contributed by atoms with Crippen LogP contribution in [0, 0.1) is 0 Å². The topological polar surface area (TPSA) is 290 Å². The number of nitrogens with one attached hydrogen (secondary N) is 2. The molecule has 76 heavy (non-hydrogen) atoms. The van der Waals surface area contributed by atoms with E-state index in [0.717, 1.165) is 40.0 Å². The third-order valence-electron chi connectivity index (χ3n) is 11.7. The highest BCUT2D eigenvalue weighted by Crippen LogP contribution is 2.45. The molecule has 0 aliphatic heterocycles. The van der Waals surface area contributed by atoms with Gasteiger partial charge in [0.15, 0.2) is 15.2 Å². The van der Waals surface area contributed by atoms with Gasteiger partial charge in [0, 0.05) is 54.8 Å². The number of nitrogens with zero attached hydrogens (tertiary/aromatic N) is 11. The summed E-state index contributed by atoms with van der Waals surface area (Å²) in [6.45, 7) is 10.7. The lowest BCUT2D eigenvalue weighted by Crippen LogP contribution is -2.22. The summed E-state index contributed by atoms with van der Waals surface area (Å²) in [5.74, 6) is 1.59. The number of anilines is 6. The molecule has 0 radical (unpaired) electrons. The van der Waals surface area contributed by atoms with E-state index >= 15 is 0 Å². The molecule has 0 saturated heterocycles. The largest absolute Gasteiger partial charge is 0.495 e. The molecule has 0 saturated carbocycles. The van der Waals surface area contributed by atoms with Crippen LogP contribution < -0.4 is 39.4 Å². The summed E-state index contributed by atoms with van der Waals surface area (Å²) in [6.07, 6.45) is 0. The van der Waals surface area contributed by atoms with Gasteiger partial charge in [-0.2, -0.15) is 40.5 Å². The number of benzene rings is 5.